The third-order valence-corrected chi connectivity index (χ3v) is 4.26. The number of hydrogen-bond donors (Lipinski definition) is 1. The molecule has 0 amide bonds. The van der Waals surface area contributed by atoms with E-state index in [-0.39, 0.29) is 0 Å². The van der Waals surface area contributed by atoms with Crippen LogP contribution in [0.2, 0.25) is 0 Å². The van der Waals surface area contributed by atoms with Crippen LogP contribution in [0.15, 0.2) is 24.3 Å². The minimum absolute atomic E-state index is 0.456. The molecule has 2 rings (SSSR count). The van der Waals surface area contributed by atoms with Gasteiger partial charge in [0.1, 0.15) is 0 Å². The lowest BCUT2D eigenvalue weighted by atomic mass is 10.0. The molecule has 1 fully saturated rings. The maximum atomic E-state index is 3.50. The highest BCUT2D eigenvalue weighted by atomic mass is 15.2. The Morgan fingerprint density at radius 1 is 1.15 bits per heavy atom. The number of benzene rings is 1. The van der Waals surface area contributed by atoms with Crippen molar-refractivity contribution in [1.29, 1.82) is 0 Å². The first-order chi connectivity index (χ1) is 9.78. The van der Waals surface area contributed by atoms with E-state index in [0.29, 0.717) is 6.04 Å². The third-order valence-electron chi connectivity index (χ3n) is 4.26. The lowest BCUT2D eigenvalue weighted by Gasteiger charge is -2.27. The molecule has 0 radical (unpaired) electrons. The summed E-state index contributed by atoms with van der Waals surface area (Å²) in [5, 5.41) is 3.50. The van der Waals surface area contributed by atoms with Gasteiger partial charge in [-0.25, -0.2) is 0 Å². The quantitative estimate of drug-likeness (QED) is 0.737. The summed E-state index contributed by atoms with van der Waals surface area (Å²) < 4.78 is 0. The van der Waals surface area contributed by atoms with Gasteiger partial charge in [-0.15, -0.1) is 0 Å². The average Bonchev–Trinajstić information content (AvgIpc) is 3.29. The fraction of sp³-hybridized carbons (Fsp3) is 0.667. The van der Waals surface area contributed by atoms with Gasteiger partial charge in [0.05, 0.1) is 0 Å². The molecule has 0 saturated heterocycles. The summed E-state index contributed by atoms with van der Waals surface area (Å²) >= 11 is 0. The van der Waals surface area contributed by atoms with Gasteiger partial charge in [-0.3, -0.25) is 4.90 Å². The molecule has 0 aromatic heterocycles. The molecular formula is C18H30N2. The van der Waals surface area contributed by atoms with Crippen LogP contribution in [0.25, 0.3) is 0 Å². The van der Waals surface area contributed by atoms with E-state index in [1.54, 1.807) is 0 Å². The Balaban J connectivity index is 1.98. The van der Waals surface area contributed by atoms with Crippen LogP contribution in [0, 0.1) is 0 Å². The maximum absolute atomic E-state index is 3.50. The van der Waals surface area contributed by atoms with Crippen molar-refractivity contribution in [2.45, 2.75) is 58.0 Å². The largest absolute Gasteiger partial charge is 0.312 e. The van der Waals surface area contributed by atoms with E-state index in [9.17, 15) is 0 Å². The zero-order chi connectivity index (χ0) is 14.4. The molecule has 2 heteroatoms. The first-order valence-corrected chi connectivity index (χ1v) is 8.28. The topological polar surface area (TPSA) is 15.3 Å². The minimum Gasteiger partial charge on any atom is -0.312 e. The number of rotatable bonds is 9. The zero-order valence-corrected chi connectivity index (χ0v) is 13.4. The maximum Gasteiger partial charge on any atom is 0.0446 e. The molecule has 1 aromatic rings. The number of hydrogen-bond acceptors (Lipinski definition) is 2. The Morgan fingerprint density at radius 3 is 2.35 bits per heavy atom. The summed E-state index contributed by atoms with van der Waals surface area (Å²) in [6.07, 6.45) is 6.45. The second-order valence-electron chi connectivity index (χ2n) is 6.06. The fourth-order valence-corrected chi connectivity index (χ4v) is 2.95. The van der Waals surface area contributed by atoms with Crippen molar-refractivity contribution in [3.05, 3.63) is 35.4 Å². The first-order valence-electron chi connectivity index (χ1n) is 8.28. The van der Waals surface area contributed by atoms with Crippen LogP contribution in [-0.2, 0) is 6.42 Å². The highest BCUT2D eigenvalue weighted by molar-refractivity contribution is 5.25. The summed E-state index contributed by atoms with van der Waals surface area (Å²) in [7, 11) is 2.08. The molecule has 2 nitrogen and oxygen atoms in total. The number of aryl methyl sites for hydroxylation is 1. The second-order valence-corrected chi connectivity index (χ2v) is 6.06. The summed E-state index contributed by atoms with van der Waals surface area (Å²) in [6, 6.07) is 10.5. The summed E-state index contributed by atoms with van der Waals surface area (Å²) in [5.74, 6) is 0. The molecule has 1 aliphatic rings. The van der Waals surface area contributed by atoms with E-state index in [2.05, 4.69) is 55.4 Å². The van der Waals surface area contributed by atoms with Gasteiger partial charge in [0, 0.05) is 18.6 Å². The highest BCUT2D eigenvalue weighted by Crippen LogP contribution is 2.29. The monoisotopic (exact) mass is 274 g/mol. The smallest absolute Gasteiger partial charge is 0.0446 e. The Morgan fingerprint density at radius 2 is 1.85 bits per heavy atom. The zero-order valence-electron chi connectivity index (χ0n) is 13.4. The van der Waals surface area contributed by atoms with E-state index in [0.717, 1.165) is 12.6 Å². The predicted octanol–water partition coefficient (Wildman–Crippen LogP) is 3.77. The van der Waals surface area contributed by atoms with Gasteiger partial charge >= 0.3 is 0 Å². The van der Waals surface area contributed by atoms with Gasteiger partial charge in [-0.2, -0.15) is 0 Å². The predicted molar refractivity (Wildman–Crippen MR) is 87.1 cm³/mol. The molecule has 1 saturated carbocycles. The van der Waals surface area contributed by atoms with Gasteiger partial charge in [0.25, 0.3) is 0 Å². The molecule has 20 heavy (non-hydrogen) atoms. The SMILES string of the molecule is CCCc1ccc(C(CN(CCC)C2CC2)NC)cc1. The van der Waals surface area contributed by atoms with Crippen LogP contribution in [-0.4, -0.2) is 31.1 Å². The van der Waals surface area contributed by atoms with Crippen LogP contribution >= 0.6 is 0 Å². The molecular weight excluding hydrogens is 244 g/mol. The Kier molecular flexibility index (Phi) is 6.06. The van der Waals surface area contributed by atoms with E-state index in [1.807, 2.05) is 0 Å². The molecule has 1 N–H and O–H groups in total. The summed E-state index contributed by atoms with van der Waals surface area (Å²) in [6.45, 7) is 6.89. The molecule has 0 spiro atoms. The van der Waals surface area contributed by atoms with E-state index >= 15 is 0 Å². The minimum atomic E-state index is 0.456. The van der Waals surface area contributed by atoms with Gasteiger partial charge in [-0.05, 0) is 50.4 Å². The lowest BCUT2D eigenvalue weighted by Crippen LogP contribution is -2.35. The Bertz CT molecular complexity index is 381. The van der Waals surface area contributed by atoms with Crippen molar-refractivity contribution in [3.8, 4) is 0 Å². The number of likely N-dealkylation sites (N-methyl/N-ethyl adjacent to an activating group) is 1. The van der Waals surface area contributed by atoms with E-state index < -0.39 is 0 Å². The summed E-state index contributed by atoms with van der Waals surface area (Å²) in [4.78, 5) is 2.67. The van der Waals surface area contributed by atoms with Gasteiger partial charge in [0.15, 0.2) is 0 Å². The van der Waals surface area contributed by atoms with Gasteiger partial charge in [0.2, 0.25) is 0 Å². The molecule has 0 heterocycles. The number of nitrogens with zero attached hydrogens (tertiary/aromatic N) is 1. The van der Waals surface area contributed by atoms with Crippen LogP contribution in [0.3, 0.4) is 0 Å². The van der Waals surface area contributed by atoms with Crippen LogP contribution in [0.5, 0.6) is 0 Å². The van der Waals surface area contributed by atoms with Crippen LogP contribution in [0.4, 0.5) is 0 Å². The average molecular weight is 274 g/mol. The molecule has 112 valence electrons. The van der Waals surface area contributed by atoms with Crippen molar-refractivity contribution >= 4 is 0 Å². The number of nitrogens with one attached hydrogen (secondary N) is 1. The van der Waals surface area contributed by atoms with Crippen molar-refractivity contribution in [3.63, 3.8) is 0 Å². The molecule has 1 aliphatic carbocycles. The van der Waals surface area contributed by atoms with E-state index in [1.165, 1.54) is 49.8 Å². The van der Waals surface area contributed by atoms with Crippen LogP contribution < -0.4 is 5.32 Å². The van der Waals surface area contributed by atoms with E-state index in [4.69, 9.17) is 0 Å². The molecule has 1 aromatic carbocycles. The van der Waals surface area contributed by atoms with Gasteiger partial charge < -0.3 is 5.32 Å². The normalized spacial score (nSPS) is 16.6. The van der Waals surface area contributed by atoms with Crippen molar-refractivity contribution < 1.29 is 0 Å². The second kappa shape index (κ2) is 7.80. The third kappa shape index (κ3) is 4.32. The lowest BCUT2D eigenvalue weighted by molar-refractivity contribution is 0.237. The summed E-state index contributed by atoms with van der Waals surface area (Å²) in [5.41, 5.74) is 2.88. The van der Waals surface area contributed by atoms with Gasteiger partial charge in [-0.1, -0.05) is 44.5 Å². The standard InChI is InChI=1S/C18H30N2/c1-4-6-15-7-9-16(10-8-15)18(19-3)14-20(13-5-2)17-11-12-17/h7-10,17-19H,4-6,11-14H2,1-3H3. The fourth-order valence-electron chi connectivity index (χ4n) is 2.95. The molecule has 1 unspecified atom stereocenters. The highest BCUT2D eigenvalue weighted by Gasteiger charge is 2.29. The molecule has 0 bridgehead atoms. The van der Waals surface area contributed by atoms with Crippen molar-refractivity contribution in [2.75, 3.05) is 20.1 Å². The molecule has 0 aliphatic heterocycles. The Labute approximate surface area is 124 Å². The van der Waals surface area contributed by atoms with Crippen LogP contribution in [0.1, 0.15) is 56.7 Å². The first kappa shape index (κ1) is 15.5. The molecule has 1 atom stereocenters. The van der Waals surface area contributed by atoms with Crippen molar-refractivity contribution in [2.24, 2.45) is 0 Å². The van der Waals surface area contributed by atoms with Crippen molar-refractivity contribution in [1.82, 2.24) is 10.2 Å². The Hall–Kier alpha value is -0.860.